The summed E-state index contributed by atoms with van der Waals surface area (Å²) in [6.07, 6.45) is 0.747. The first kappa shape index (κ1) is 22.3. The average Bonchev–Trinajstić information content (AvgIpc) is 3.17. The number of hydrogen-bond acceptors (Lipinski definition) is 4. The molecule has 1 aromatic heterocycles. The molecule has 0 saturated carbocycles. The van der Waals surface area contributed by atoms with Gasteiger partial charge in [-0.2, -0.15) is 0 Å². The predicted octanol–water partition coefficient (Wildman–Crippen LogP) is 6.91. The summed E-state index contributed by atoms with van der Waals surface area (Å²) in [6.45, 7) is 3.99. The van der Waals surface area contributed by atoms with Crippen molar-refractivity contribution in [3.05, 3.63) is 75.1 Å². The maximum Gasteiger partial charge on any atom is 0.348 e. The predicted molar refractivity (Wildman–Crippen MR) is 125 cm³/mol. The molecule has 0 spiro atoms. The molecule has 7 heteroatoms. The van der Waals surface area contributed by atoms with Crippen LogP contribution in [0.2, 0.25) is 10.0 Å². The van der Waals surface area contributed by atoms with Gasteiger partial charge in [0.2, 0.25) is 0 Å². The number of halogens is 2. The molecule has 0 amide bonds. The third-order valence-electron chi connectivity index (χ3n) is 4.94. The summed E-state index contributed by atoms with van der Waals surface area (Å²) in [4.78, 5) is 27.9. The Bertz CT molecular complexity index is 1070. The first-order chi connectivity index (χ1) is 14.3. The molecule has 0 aliphatic rings. The molecular weight excluding hydrogens is 441 g/mol. The molecule has 0 bridgehead atoms. The van der Waals surface area contributed by atoms with Gasteiger partial charge in [0, 0.05) is 21.5 Å². The molecule has 3 aromatic rings. The van der Waals surface area contributed by atoms with Gasteiger partial charge >= 0.3 is 5.97 Å². The van der Waals surface area contributed by atoms with Crippen molar-refractivity contribution in [2.24, 2.45) is 0 Å². The Kier molecular flexibility index (Phi) is 7.19. The summed E-state index contributed by atoms with van der Waals surface area (Å²) in [7, 11) is 0. The third kappa shape index (κ3) is 4.86. The molecule has 1 heterocycles. The minimum atomic E-state index is -1.01. The zero-order valence-corrected chi connectivity index (χ0v) is 18.9. The van der Waals surface area contributed by atoms with E-state index in [0.717, 1.165) is 16.9 Å². The van der Waals surface area contributed by atoms with Crippen LogP contribution in [0.3, 0.4) is 0 Å². The van der Waals surface area contributed by atoms with Gasteiger partial charge < -0.3 is 10.0 Å². The van der Waals surface area contributed by atoms with Gasteiger partial charge in [-0.15, -0.1) is 11.3 Å². The van der Waals surface area contributed by atoms with Gasteiger partial charge in [0.15, 0.2) is 5.78 Å². The van der Waals surface area contributed by atoms with Gasteiger partial charge in [0.1, 0.15) is 4.88 Å². The first-order valence-electron chi connectivity index (χ1n) is 9.49. The highest BCUT2D eigenvalue weighted by Crippen LogP contribution is 2.38. The Morgan fingerprint density at radius 1 is 1.10 bits per heavy atom. The Morgan fingerprint density at radius 2 is 1.80 bits per heavy atom. The van der Waals surface area contributed by atoms with E-state index in [1.165, 1.54) is 17.4 Å². The van der Waals surface area contributed by atoms with Crippen molar-refractivity contribution in [3.8, 4) is 10.4 Å². The number of nitrogens with zero attached hydrogens (tertiary/aromatic N) is 1. The second-order valence-corrected chi connectivity index (χ2v) is 8.82. The van der Waals surface area contributed by atoms with Crippen LogP contribution in [-0.4, -0.2) is 29.4 Å². The van der Waals surface area contributed by atoms with E-state index in [-0.39, 0.29) is 28.3 Å². The average molecular weight is 462 g/mol. The number of Topliss-reactive ketones (excluding diaryl/α,β-unsaturated/α-hetero) is 1. The van der Waals surface area contributed by atoms with Gasteiger partial charge in [-0.25, -0.2) is 4.79 Å². The highest BCUT2D eigenvalue weighted by molar-refractivity contribution is 7.18. The van der Waals surface area contributed by atoms with E-state index in [9.17, 15) is 14.7 Å². The SMILES string of the molecule is CCC(C)N(CC(=O)c1ccc(Cl)cc1Cl)c1cc(-c2ccccc2)sc1C(=O)O. The number of carbonyl (C=O) groups excluding carboxylic acids is 1. The van der Waals surface area contributed by atoms with Crippen LogP contribution in [0, 0.1) is 0 Å². The smallest absolute Gasteiger partial charge is 0.348 e. The van der Waals surface area contributed by atoms with Gasteiger partial charge in [-0.1, -0.05) is 60.5 Å². The highest BCUT2D eigenvalue weighted by Gasteiger charge is 2.26. The second-order valence-electron chi connectivity index (χ2n) is 6.93. The lowest BCUT2D eigenvalue weighted by atomic mass is 10.1. The summed E-state index contributed by atoms with van der Waals surface area (Å²) in [5.41, 5.74) is 1.84. The minimum Gasteiger partial charge on any atom is -0.477 e. The number of carboxylic acid groups (broad SMARTS) is 1. The van der Waals surface area contributed by atoms with Crippen molar-refractivity contribution in [1.29, 1.82) is 0 Å². The summed E-state index contributed by atoms with van der Waals surface area (Å²) >= 11 is 13.4. The van der Waals surface area contributed by atoms with E-state index in [2.05, 4.69) is 0 Å². The van der Waals surface area contributed by atoms with Gasteiger partial charge in [-0.3, -0.25) is 4.79 Å². The molecule has 4 nitrogen and oxygen atoms in total. The molecule has 0 aliphatic carbocycles. The Hall–Kier alpha value is -2.34. The van der Waals surface area contributed by atoms with E-state index in [1.54, 1.807) is 12.1 Å². The molecule has 3 rings (SSSR count). The third-order valence-corrected chi connectivity index (χ3v) is 6.65. The first-order valence-corrected chi connectivity index (χ1v) is 11.1. The number of hydrogen-bond donors (Lipinski definition) is 1. The largest absolute Gasteiger partial charge is 0.477 e. The zero-order chi connectivity index (χ0) is 21.8. The van der Waals surface area contributed by atoms with Gasteiger partial charge in [0.05, 0.1) is 17.3 Å². The molecule has 0 radical (unpaired) electrons. The van der Waals surface area contributed by atoms with Crippen LogP contribution in [0.15, 0.2) is 54.6 Å². The summed E-state index contributed by atoms with van der Waals surface area (Å²) in [5.74, 6) is -1.21. The highest BCUT2D eigenvalue weighted by atomic mass is 35.5. The maximum atomic E-state index is 13.0. The van der Waals surface area contributed by atoms with Crippen LogP contribution in [-0.2, 0) is 0 Å². The Balaban J connectivity index is 2.02. The number of ketones is 1. The maximum absolute atomic E-state index is 13.0. The summed E-state index contributed by atoms with van der Waals surface area (Å²) in [6, 6.07) is 16.2. The number of thiophene rings is 1. The summed E-state index contributed by atoms with van der Waals surface area (Å²) in [5, 5.41) is 10.6. The molecule has 1 N–H and O–H groups in total. The number of carbonyl (C=O) groups is 2. The van der Waals surface area contributed by atoms with Crippen molar-refractivity contribution in [2.75, 3.05) is 11.4 Å². The standard InChI is InChI=1S/C23H21Cl2NO3S/c1-3-14(2)26(13-20(27)17-10-9-16(24)11-18(17)25)19-12-21(30-22(19)23(28)29)15-7-5-4-6-8-15/h4-12,14H,3,13H2,1-2H3,(H,28,29). The number of aromatic carboxylic acids is 1. The number of benzene rings is 2. The molecule has 30 heavy (non-hydrogen) atoms. The molecule has 1 atom stereocenters. The second kappa shape index (κ2) is 9.65. The summed E-state index contributed by atoms with van der Waals surface area (Å²) < 4.78 is 0. The fourth-order valence-corrected chi connectivity index (χ4v) is 4.67. The normalized spacial score (nSPS) is 11.9. The lowest BCUT2D eigenvalue weighted by Crippen LogP contribution is -2.37. The van der Waals surface area contributed by atoms with Crippen molar-refractivity contribution in [1.82, 2.24) is 0 Å². The van der Waals surface area contributed by atoms with Crippen LogP contribution in [0.4, 0.5) is 5.69 Å². The lowest BCUT2D eigenvalue weighted by molar-refractivity contribution is 0.0702. The molecule has 0 saturated heterocycles. The van der Waals surface area contributed by atoms with Crippen LogP contribution in [0.5, 0.6) is 0 Å². The molecule has 0 aliphatic heterocycles. The van der Waals surface area contributed by atoms with E-state index in [0.29, 0.717) is 16.3 Å². The van der Waals surface area contributed by atoms with Crippen molar-refractivity contribution >= 4 is 52.0 Å². The molecule has 156 valence electrons. The number of carboxylic acids is 1. The van der Waals surface area contributed by atoms with Crippen LogP contribution in [0.25, 0.3) is 10.4 Å². The monoisotopic (exact) mass is 461 g/mol. The lowest BCUT2D eigenvalue weighted by Gasteiger charge is -2.30. The molecule has 2 aromatic carbocycles. The molecular formula is C23H21Cl2NO3S. The zero-order valence-electron chi connectivity index (χ0n) is 16.6. The Labute approximate surface area is 189 Å². The van der Waals surface area contributed by atoms with Crippen LogP contribution < -0.4 is 4.90 Å². The number of rotatable bonds is 8. The van der Waals surface area contributed by atoms with Crippen LogP contribution in [0.1, 0.15) is 40.3 Å². The van der Waals surface area contributed by atoms with Crippen molar-refractivity contribution in [3.63, 3.8) is 0 Å². The van der Waals surface area contributed by atoms with Crippen LogP contribution >= 0.6 is 34.5 Å². The molecule has 1 unspecified atom stereocenters. The fraction of sp³-hybridized carbons (Fsp3) is 0.217. The van der Waals surface area contributed by atoms with E-state index in [1.807, 2.05) is 55.1 Å². The van der Waals surface area contributed by atoms with E-state index < -0.39 is 5.97 Å². The topological polar surface area (TPSA) is 57.6 Å². The minimum absolute atomic E-state index is 0.0155. The van der Waals surface area contributed by atoms with Gasteiger partial charge in [-0.05, 0) is 43.2 Å². The van der Waals surface area contributed by atoms with Crippen molar-refractivity contribution in [2.45, 2.75) is 26.3 Å². The fourth-order valence-electron chi connectivity index (χ4n) is 3.15. The van der Waals surface area contributed by atoms with Gasteiger partial charge in [0.25, 0.3) is 0 Å². The molecule has 0 fully saturated rings. The van der Waals surface area contributed by atoms with E-state index in [4.69, 9.17) is 23.2 Å². The van der Waals surface area contributed by atoms with Crippen molar-refractivity contribution < 1.29 is 14.7 Å². The quantitative estimate of drug-likeness (QED) is 0.370. The van der Waals surface area contributed by atoms with E-state index >= 15 is 0 Å². The number of anilines is 1. The Morgan fingerprint density at radius 3 is 2.40 bits per heavy atom.